The summed E-state index contributed by atoms with van der Waals surface area (Å²) in [5, 5.41) is 2.67. The smallest absolute Gasteiger partial charge is 0.272 e. The van der Waals surface area contributed by atoms with E-state index in [0.717, 1.165) is 0 Å². The van der Waals surface area contributed by atoms with Crippen LogP contribution in [0.25, 0.3) is 0 Å². The number of hydrogen-bond acceptors (Lipinski definition) is 5. The van der Waals surface area contributed by atoms with Gasteiger partial charge in [-0.2, -0.15) is 0 Å². The van der Waals surface area contributed by atoms with Crippen LogP contribution in [0.5, 0.6) is 0 Å². The minimum absolute atomic E-state index is 0.00525. The molecule has 0 unspecified atom stereocenters. The standard InChI is InChI=1S/C20H21N3O5S/c1-12-18(14(3)24)13(2)22-19(12)20(25)23-15-6-4-8-17(10-15)29(26,27)21-11-16-7-5-9-28-16/h4-10,21-22H,11H2,1-3H3,(H,23,25). The highest BCUT2D eigenvalue weighted by Crippen LogP contribution is 2.21. The molecule has 3 N–H and O–H groups in total. The largest absolute Gasteiger partial charge is 0.468 e. The van der Waals surface area contributed by atoms with Crippen molar-refractivity contribution in [2.75, 3.05) is 5.32 Å². The number of sulfonamides is 1. The van der Waals surface area contributed by atoms with Crippen molar-refractivity contribution in [3.63, 3.8) is 0 Å². The first-order valence-electron chi connectivity index (χ1n) is 8.82. The molecule has 0 spiro atoms. The number of furan rings is 1. The average molecular weight is 415 g/mol. The van der Waals surface area contributed by atoms with Gasteiger partial charge in [0, 0.05) is 16.9 Å². The van der Waals surface area contributed by atoms with E-state index in [4.69, 9.17) is 4.42 Å². The van der Waals surface area contributed by atoms with Crippen LogP contribution in [0.15, 0.2) is 52.0 Å². The number of Topliss-reactive ketones (excluding diaryl/α,β-unsaturated/α-hetero) is 1. The summed E-state index contributed by atoms with van der Waals surface area (Å²) in [4.78, 5) is 27.3. The first-order valence-corrected chi connectivity index (χ1v) is 10.3. The molecule has 2 heterocycles. The van der Waals surface area contributed by atoms with Gasteiger partial charge in [-0.3, -0.25) is 9.59 Å². The Morgan fingerprint density at radius 2 is 1.90 bits per heavy atom. The van der Waals surface area contributed by atoms with Crippen molar-refractivity contribution in [1.82, 2.24) is 9.71 Å². The predicted molar refractivity (Wildman–Crippen MR) is 107 cm³/mol. The summed E-state index contributed by atoms with van der Waals surface area (Å²) in [5.41, 5.74) is 2.22. The van der Waals surface area contributed by atoms with E-state index in [2.05, 4.69) is 15.0 Å². The molecule has 29 heavy (non-hydrogen) atoms. The third-order valence-corrected chi connectivity index (χ3v) is 5.83. The van der Waals surface area contributed by atoms with Gasteiger partial charge in [0.05, 0.1) is 17.7 Å². The summed E-state index contributed by atoms with van der Waals surface area (Å²) in [6.07, 6.45) is 1.46. The fourth-order valence-corrected chi connectivity index (χ4v) is 4.14. The second kappa shape index (κ2) is 8.06. The second-order valence-electron chi connectivity index (χ2n) is 6.57. The summed E-state index contributed by atoms with van der Waals surface area (Å²) in [6.45, 7) is 4.86. The van der Waals surface area contributed by atoms with Crippen molar-refractivity contribution in [2.24, 2.45) is 0 Å². The summed E-state index contributed by atoms with van der Waals surface area (Å²) in [6, 6.07) is 9.24. The number of aromatic nitrogens is 1. The first kappa shape index (κ1) is 20.6. The van der Waals surface area contributed by atoms with Gasteiger partial charge < -0.3 is 14.7 Å². The molecule has 0 fully saturated rings. The number of nitrogens with one attached hydrogen (secondary N) is 3. The molecule has 1 amide bonds. The molecule has 0 saturated carbocycles. The van der Waals surface area contributed by atoms with Gasteiger partial charge in [-0.15, -0.1) is 0 Å². The summed E-state index contributed by atoms with van der Waals surface area (Å²) in [5.74, 6) is -0.112. The third-order valence-electron chi connectivity index (χ3n) is 4.44. The minimum Gasteiger partial charge on any atom is -0.468 e. The van der Waals surface area contributed by atoms with Gasteiger partial charge in [0.15, 0.2) is 5.78 Å². The Morgan fingerprint density at radius 3 is 2.52 bits per heavy atom. The lowest BCUT2D eigenvalue weighted by molar-refractivity contribution is 0.101. The van der Waals surface area contributed by atoms with Gasteiger partial charge in [0.1, 0.15) is 11.5 Å². The van der Waals surface area contributed by atoms with E-state index < -0.39 is 15.9 Å². The van der Waals surface area contributed by atoms with Crippen LogP contribution in [0.3, 0.4) is 0 Å². The fourth-order valence-electron chi connectivity index (χ4n) is 3.10. The van der Waals surface area contributed by atoms with E-state index in [9.17, 15) is 18.0 Å². The number of carbonyl (C=O) groups is 2. The zero-order chi connectivity index (χ0) is 21.2. The molecule has 0 aliphatic rings. The van der Waals surface area contributed by atoms with E-state index in [0.29, 0.717) is 28.3 Å². The van der Waals surface area contributed by atoms with Crippen LogP contribution in [-0.2, 0) is 16.6 Å². The Balaban J connectivity index is 1.78. The van der Waals surface area contributed by atoms with Crippen LogP contribution < -0.4 is 10.0 Å². The van der Waals surface area contributed by atoms with Gasteiger partial charge in [0.2, 0.25) is 10.0 Å². The lowest BCUT2D eigenvalue weighted by Gasteiger charge is -2.09. The minimum atomic E-state index is -3.80. The fraction of sp³-hybridized carbons (Fsp3) is 0.200. The lowest BCUT2D eigenvalue weighted by atomic mass is 10.1. The third kappa shape index (κ3) is 4.47. The summed E-state index contributed by atoms with van der Waals surface area (Å²) in [7, 11) is -3.80. The maximum absolute atomic E-state index is 12.6. The molecule has 3 aromatic rings. The SMILES string of the molecule is CC(=O)c1c(C)[nH]c(C(=O)Nc2cccc(S(=O)(=O)NCc3ccco3)c2)c1C. The Hall–Kier alpha value is -3.17. The Morgan fingerprint density at radius 1 is 1.14 bits per heavy atom. The monoisotopic (exact) mass is 415 g/mol. The molecule has 0 bridgehead atoms. The summed E-state index contributed by atoms with van der Waals surface area (Å²) >= 11 is 0. The van der Waals surface area contributed by atoms with Crippen LogP contribution >= 0.6 is 0 Å². The number of benzene rings is 1. The van der Waals surface area contributed by atoms with Crippen LogP contribution in [0.4, 0.5) is 5.69 Å². The topological polar surface area (TPSA) is 121 Å². The van der Waals surface area contributed by atoms with Crippen molar-refractivity contribution in [1.29, 1.82) is 0 Å². The number of aryl methyl sites for hydroxylation is 1. The number of hydrogen-bond donors (Lipinski definition) is 3. The maximum Gasteiger partial charge on any atom is 0.272 e. The quantitative estimate of drug-likeness (QED) is 0.512. The van der Waals surface area contributed by atoms with E-state index in [1.807, 2.05) is 0 Å². The molecular formula is C20H21N3O5S. The average Bonchev–Trinajstić information content (AvgIpc) is 3.28. The van der Waals surface area contributed by atoms with Gasteiger partial charge in [-0.05, 0) is 56.7 Å². The molecule has 152 valence electrons. The molecule has 0 aliphatic carbocycles. The van der Waals surface area contributed by atoms with Crippen molar-refractivity contribution >= 4 is 27.4 Å². The maximum atomic E-state index is 12.6. The molecule has 2 aromatic heterocycles. The van der Waals surface area contributed by atoms with Crippen molar-refractivity contribution < 1.29 is 22.4 Å². The van der Waals surface area contributed by atoms with Gasteiger partial charge in [-0.1, -0.05) is 6.07 Å². The number of aromatic amines is 1. The van der Waals surface area contributed by atoms with Crippen LogP contribution in [0, 0.1) is 13.8 Å². The van der Waals surface area contributed by atoms with Crippen molar-refractivity contribution in [3.05, 3.63) is 70.9 Å². The van der Waals surface area contributed by atoms with Crippen LogP contribution in [-0.4, -0.2) is 25.1 Å². The molecule has 8 nitrogen and oxygen atoms in total. The molecule has 0 radical (unpaired) electrons. The van der Waals surface area contributed by atoms with Gasteiger partial charge in [-0.25, -0.2) is 13.1 Å². The number of rotatable bonds is 7. The van der Waals surface area contributed by atoms with Crippen molar-refractivity contribution in [3.8, 4) is 0 Å². The van der Waals surface area contributed by atoms with E-state index in [-0.39, 0.29) is 22.9 Å². The Kier molecular flexibility index (Phi) is 5.71. The Labute approximate surface area is 168 Å². The molecule has 0 saturated heterocycles. The Bertz CT molecular complexity index is 1160. The van der Waals surface area contributed by atoms with E-state index in [1.165, 1.54) is 31.4 Å². The molecule has 0 atom stereocenters. The number of carbonyl (C=O) groups excluding carboxylic acids is 2. The normalized spacial score (nSPS) is 11.4. The summed E-state index contributed by atoms with van der Waals surface area (Å²) < 4.78 is 32.6. The van der Waals surface area contributed by atoms with Crippen LogP contribution in [0.2, 0.25) is 0 Å². The van der Waals surface area contributed by atoms with E-state index >= 15 is 0 Å². The molecule has 9 heteroatoms. The van der Waals surface area contributed by atoms with Gasteiger partial charge >= 0.3 is 0 Å². The molecule has 0 aliphatic heterocycles. The lowest BCUT2D eigenvalue weighted by Crippen LogP contribution is -2.23. The first-order chi connectivity index (χ1) is 13.7. The van der Waals surface area contributed by atoms with Crippen molar-refractivity contribution in [2.45, 2.75) is 32.2 Å². The molecule has 1 aromatic carbocycles. The highest BCUT2D eigenvalue weighted by atomic mass is 32.2. The number of ketones is 1. The predicted octanol–water partition coefficient (Wildman–Crippen LogP) is 3.16. The molecular weight excluding hydrogens is 394 g/mol. The van der Waals surface area contributed by atoms with E-state index in [1.54, 1.807) is 32.0 Å². The molecule has 3 rings (SSSR count). The zero-order valence-corrected chi connectivity index (χ0v) is 17.0. The number of anilines is 1. The van der Waals surface area contributed by atoms with Crippen LogP contribution in [0.1, 0.15) is 44.8 Å². The number of H-pyrrole nitrogens is 1. The highest BCUT2D eigenvalue weighted by Gasteiger charge is 2.21. The zero-order valence-electron chi connectivity index (χ0n) is 16.2. The number of amides is 1. The highest BCUT2D eigenvalue weighted by molar-refractivity contribution is 7.89. The van der Waals surface area contributed by atoms with Gasteiger partial charge in [0.25, 0.3) is 5.91 Å². The second-order valence-corrected chi connectivity index (χ2v) is 8.33.